The number of amidine groups is 1. The van der Waals surface area contributed by atoms with Crippen molar-refractivity contribution >= 4 is 22.9 Å². The van der Waals surface area contributed by atoms with Crippen molar-refractivity contribution in [1.82, 2.24) is 9.88 Å². The second-order valence-electron chi connectivity index (χ2n) is 6.30. The molecule has 124 valence electrons. The Kier molecular flexibility index (Phi) is 3.35. The molecule has 1 aromatic carbocycles. The number of nitrogens with one attached hydrogen (secondary N) is 1. The fourth-order valence-corrected chi connectivity index (χ4v) is 4.76. The van der Waals surface area contributed by atoms with Crippen molar-refractivity contribution in [3.63, 3.8) is 0 Å². The minimum Gasteiger partial charge on any atom is -0.354 e. The van der Waals surface area contributed by atoms with Crippen molar-refractivity contribution < 1.29 is 0 Å². The summed E-state index contributed by atoms with van der Waals surface area (Å²) in [6.07, 6.45) is 4.80. The van der Waals surface area contributed by atoms with Crippen LogP contribution in [0.5, 0.6) is 0 Å². The molecule has 5 rings (SSSR count). The summed E-state index contributed by atoms with van der Waals surface area (Å²) >= 11 is 1.77. The number of benzene rings is 1. The van der Waals surface area contributed by atoms with Crippen molar-refractivity contribution in [3.8, 4) is 0 Å². The van der Waals surface area contributed by atoms with Gasteiger partial charge in [0, 0.05) is 42.3 Å². The molecule has 3 aromatic rings. The average molecular weight is 346 g/mol. The van der Waals surface area contributed by atoms with Gasteiger partial charge in [-0.15, -0.1) is 11.3 Å². The van der Waals surface area contributed by atoms with E-state index in [0.29, 0.717) is 0 Å². The number of hydrogen-bond donors (Lipinski definition) is 1. The standard InChI is InChI=1S/C20H18N4S/c1-2-6-17-16(5-1)19-22-10-4-13-24(19)20(23-17,18-7-3-14-25-18)15-8-11-21-12-9-15/h1-3,5-9,11-12,14,23H,4,10,13H2. The van der Waals surface area contributed by atoms with Crippen LogP contribution in [-0.2, 0) is 5.66 Å². The number of aromatic nitrogens is 1. The Balaban J connectivity index is 1.82. The Morgan fingerprint density at radius 1 is 1.04 bits per heavy atom. The van der Waals surface area contributed by atoms with Crippen LogP contribution in [0.4, 0.5) is 5.69 Å². The van der Waals surface area contributed by atoms with E-state index in [2.05, 4.69) is 69.1 Å². The molecule has 0 aliphatic carbocycles. The van der Waals surface area contributed by atoms with Crippen LogP contribution in [0.25, 0.3) is 0 Å². The fourth-order valence-electron chi connectivity index (χ4n) is 3.85. The zero-order chi connectivity index (χ0) is 16.7. The monoisotopic (exact) mass is 346 g/mol. The minimum absolute atomic E-state index is 0.440. The molecule has 2 aliphatic heterocycles. The lowest BCUT2D eigenvalue weighted by Gasteiger charge is -2.51. The van der Waals surface area contributed by atoms with Gasteiger partial charge in [-0.1, -0.05) is 18.2 Å². The highest BCUT2D eigenvalue weighted by atomic mass is 32.1. The number of rotatable bonds is 2. The van der Waals surface area contributed by atoms with E-state index in [1.165, 1.54) is 16.0 Å². The van der Waals surface area contributed by atoms with E-state index in [9.17, 15) is 0 Å². The van der Waals surface area contributed by atoms with Crippen molar-refractivity contribution in [2.45, 2.75) is 12.1 Å². The summed E-state index contributed by atoms with van der Waals surface area (Å²) in [6, 6.07) is 17.0. The van der Waals surface area contributed by atoms with Gasteiger partial charge in [0.25, 0.3) is 0 Å². The maximum atomic E-state index is 4.92. The number of para-hydroxylation sites is 1. The van der Waals surface area contributed by atoms with Crippen LogP contribution in [0.1, 0.15) is 22.4 Å². The largest absolute Gasteiger partial charge is 0.354 e. The summed E-state index contributed by atoms with van der Waals surface area (Å²) in [5.74, 6) is 1.09. The third-order valence-corrected chi connectivity index (χ3v) is 5.90. The average Bonchev–Trinajstić information content (AvgIpc) is 3.23. The summed E-state index contributed by atoms with van der Waals surface area (Å²) in [5.41, 5.74) is 3.06. The zero-order valence-electron chi connectivity index (χ0n) is 13.7. The lowest BCUT2D eigenvalue weighted by molar-refractivity contribution is 0.239. The van der Waals surface area contributed by atoms with Crippen LogP contribution in [0, 0.1) is 0 Å². The van der Waals surface area contributed by atoms with Crippen LogP contribution >= 0.6 is 11.3 Å². The third-order valence-electron chi connectivity index (χ3n) is 4.92. The zero-order valence-corrected chi connectivity index (χ0v) is 14.5. The van der Waals surface area contributed by atoms with E-state index in [1.807, 2.05) is 12.4 Å². The van der Waals surface area contributed by atoms with Gasteiger partial charge in [-0.3, -0.25) is 9.98 Å². The predicted molar refractivity (Wildman–Crippen MR) is 102 cm³/mol. The van der Waals surface area contributed by atoms with Crippen molar-refractivity contribution in [2.75, 3.05) is 18.4 Å². The quantitative estimate of drug-likeness (QED) is 0.764. The Labute approximate surface area is 150 Å². The topological polar surface area (TPSA) is 40.5 Å². The van der Waals surface area contributed by atoms with Gasteiger partial charge in [0.1, 0.15) is 5.84 Å². The first-order valence-electron chi connectivity index (χ1n) is 8.54. The Morgan fingerprint density at radius 3 is 2.76 bits per heavy atom. The molecule has 0 fully saturated rings. The maximum Gasteiger partial charge on any atom is 0.174 e. The van der Waals surface area contributed by atoms with Gasteiger partial charge in [-0.25, -0.2) is 0 Å². The second-order valence-corrected chi connectivity index (χ2v) is 7.25. The molecule has 0 amide bonds. The molecule has 0 bridgehead atoms. The van der Waals surface area contributed by atoms with Gasteiger partial charge in [0.05, 0.1) is 4.88 Å². The van der Waals surface area contributed by atoms with Gasteiger partial charge in [-0.05, 0) is 42.1 Å². The molecular formula is C20H18N4S. The van der Waals surface area contributed by atoms with Crippen LogP contribution < -0.4 is 5.32 Å². The molecule has 4 nitrogen and oxygen atoms in total. The molecule has 0 radical (unpaired) electrons. The molecule has 0 saturated heterocycles. The van der Waals surface area contributed by atoms with E-state index in [4.69, 9.17) is 4.99 Å². The van der Waals surface area contributed by atoms with Gasteiger partial charge >= 0.3 is 0 Å². The number of aliphatic imine (C=N–C) groups is 1. The van der Waals surface area contributed by atoms with Crippen LogP contribution in [0.15, 0.2) is 71.3 Å². The summed E-state index contributed by atoms with van der Waals surface area (Å²) in [4.78, 5) is 12.8. The van der Waals surface area contributed by atoms with E-state index in [1.54, 1.807) is 11.3 Å². The molecule has 5 heteroatoms. The molecule has 1 N–H and O–H groups in total. The number of fused-ring (bicyclic) bond motifs is 3. The van der Waals surface area contributed by atoms with Gasteiger partial charge in [0.2, 0.25) is 0 Å². The van der Waals surface area contributed by atoms with Crippen LogP contribution in [-0.4, -0.2) is 28.8 Å². The number of pyridine rings is 1. The van der Waals surface area contributed by atoms with Crippen molar-refractivity contribution in [3.05, 3.63) is 82.3 Å². The molecule has 2 aromatic heterocycles. The van der Waals surface area contributed by atoms with E-state index >= 15 is 0 Å². The lowest BCUT2D eigenvalue weighted by atomic mass is 9.90. The Hall–Kier alpha value is -2.66. The normalized spacial score (nSPS) is 21.8. The SMILES string of the molecule is c1csc(C2(c3ccncc3)Nc3ccccc3C3=NCCCN32)c1. The van der Waals surface area contributed by atoms with Crippen molar-refractivity contribution in [1.29, 1.82) is 0 Å². The molecule has 2 aliphatic rings. The number of anilines is 1. The Morgan fingerprint density at radius 2 is 1.92 bits per heavy atom. The van der Waals surface area contributed by atoms with Crippen molar-refractivity contribution in [2.24, 2.45) is 4.99 Å². The van der Waals surface area contributed by atoms with E-state index in [-0.39, 0.29) is 0 Å². The van der Waals surface area contributed by atoms with Gasteiger partial charge in [-0.2, -0.15) is 0 Å². The smallest absolute Gasteiger partial charge is 0.174 e. The van der Waals surface area contributed by atoms with Crippen LogP contribution in [0.2, 0.25) is 0 Å². The van der Waals surface area contributed by atoms with E-state index in [0.717, 1.165) is 31.0 Å². The molecule has 1 unspecified atom stereocenters. The summed E-state index contributed by atoms with van der Waals surface area (Å²) in [7, 11) is 0. The molecule has 1 atom stereocenters. The van der Waals surface area contributed by atoms with Crippen LogP contribution in [0.3, 0.4) is 0 Å². The minimum atomic E-state index is -0.440. The predicted octanol–water partition coefficient (Wildman–Crippen LogP) is 3.92. The highest BCUT2D eigenvalue weighted by Crippen LogP contribution is 2.45. The highest BCUT2D eigenvalue weighted by molar-refractivity contribution is 7.10. The summed E-state index contributed by atoms with van der Waals surface area (Å²) < 4.78 is 0. The van der Waals surface area contributed by atoms with E-state index < -0.39 is 5.66 Å². The third kappa shape index (κ3) is 2.12. The molecule has 4 heterocycles. The first-order chi connectivity index (χ1) is 12.4. The number of thiophene rings is 1. The van der Waals surface area contributed by atoms with Gasteiger partial charge in [0.15, 0.2) is 5.66 Å². The molecule has 0 spiro atoms. The highest BCUT2D eigenvalue weighted by Gasteiger charge is 2.47. The first-order valence-corrected chi connectivity index (χ1v) is 9.42. The Bertz CT molecular complexity index is 920. The number of nitrogens with zero attached hydrogens (tertiary/aromatic N) is 3. The molecule has 0 saturated carbocycles. The van der Waals surface area contributed by atoms with Gasteiger partial charge < -0.3 is 10.2 Å². The summed E-state index contributed by atoms with van der Waals surface area (Å²) in [5, 5.41) is 6.00. The second kappa shape index (κ2) is 5.70. The lowest BCUT2D eigenvalue weighted by Crippen LogP contribution is -2.59. The maximum absolute atomic E-state index is 4.92. The fraction of sp³-hybridized carbons (Fsp3) is 0.200. The summed E-state index contributed by atoms with van der Waals surface area (Å²) in [6.45, 7) is 1.86. The number of hydrogen-bond acceptors (Lipinski definition) is 5. The molecule has 25 heavy (non-hydrogen) atoms. The first kappa shape index (κ1) is 14.7. The molecular weight excluding hydrogens is 328 g/mol.